The van der Waals surface area contributed by atoms with Gasteiger partial charge in [-0.05, 0) is 45.3 Å². The highest BCUT2D eigenvalue weighted by atomic mass is 79.9. The van der Waals surface area contributed by atoms with Crippen LogP contribution in [0, 0.1) is 5.92 Å². The lowest BCUT2D eigenvalue weighted by Gasteiger charge is -2.28. The van der Waals surface area contributed by atoms with E-state index in [0.29, 0.717) is 5.33 Å². The van der Waals surface area contributed by atoms with E-state index in [2.05, 4.69) is 33.2 Å². The maximum atomic E-state index is 10.9. The van der Waals surface area contributed by atoms with Crippen LogP contribution in [0.5, 0.6) is 0 Å². The fourth-order valence-corrected chi connectivity index (χ4v) is 2.01. The number of carbonyl (C=O) groups is 1. The van der Waals surface area contributed by atoms with E-state index >= 15 is 0 Å². The van der Waals surface area contributed by atoms with Crippen molar-refractivity contribution in [3.63, 3.8) is 0 Å². The van der Waals surface area contributed by atoms with Crippen molar-refractivity contribution < 1.29 is 4.79 Å². The number of carbonyl (C=O) groups excluding carboxylic acids is 1. The van der Waals surface area contributed by atoms with Crippen LogP contribution in [0.15, 0.2) is 0 Å². The van der Waals surface area contributed by atoms with E-state index in [1.165, 1.54) is 25.9 Å². The molecule has 0 spiro atoms. The van der Waals surface area contributed by atoms with Gasteiger partial charge in [-0.3, -0.25) is 4.79 Å². The largest absolute Gasteiger partial charge is 0.355 e. The van der Waals surface area contributed by atoms with Crippen LogP contribution in [0.4, 0.5) is 0 Å². The van der Waals surface area contributed by atoms with Crippen LogP contribution in [-0.4, -0.2) is 42.8 Å². The molecule has 1 N–H and O–H groups in total. The maximum absolute atomic E-state index is 10.9. The molecule has 0 aliphatic carbocycles. The molecule has 0 atom stereocenters. The molecule has 0 aromatic carbocycles. The smallest absolute Gasteiger partial charge is 0.230 e. The number of hydrogen-bond donors (Lipinski definition) is 1. The molecule has 1 saturated heterocycles. The predicted octanol–water partition coefficient (Wildman–Crippen LogP) is 1.23. The van der Waals surface area contributed by atoms with E-state index in [0.717, 1.165) is 18.9 Å². The number of hydrogen-bond acceptors (Lipinski definition) is 2. The molecule has 3 nitrogen and oxygen atoms in total. The second-order valence-electron chi connectivity index (χ2n) is 4.02. The molecule has 1 aliphatic heterocycles. The van der Waals surface area contributed by atoms with Gasteiger partial charge in [-0.15, -0.1) is 0 Å². The summed E-state index contributed by atoms with van der Waals surface area (Å²) in [5.41, 5.74) is 0. The van der Waals surface area contributed by atoms with Gasteiger partial charge in [0.1, 0.15) is 0 Å². The minimum absolute atomic E-state index is 0.0953. The molecule has 14 heavy (non-hydrogen) atoms. The molecule has 1 aliphatic rings. The lowest BCUT2D eigenvalue weighted by molar-refractivity contribution is -0.118. The number of amides is 1. The number of halogens is 1. The maximum Gasteiger partial charge on any atom is 0.230 e. The summed E-state index contributed by atoms with van der Waals surface area (Å²) in [5, 5.41) is 3.31. The minimum atomic E-state index is 0.0953. The zero-order valence-corrected chi connectivity index (χ0v) is 10.3. The van der Waals surface area contributed by atoms with E-state index in [-0.39, 0.29) is 5.91 Å². The first-order valence-corrected chi connectivity index (χ1v) is 6.35. The third kappa shape index (κ3) is 4.42. The van der Waals surface area contributed by atoms with Gasteiger partial charge in [-0.2, -0.15) is 0 Å². The average molecular weight is 263 g/mol. The summed E-state index contributed by atoms with van der Waals surface area (Å²) >= 11 is 3.13. The molecule has 0 radical (unpaired) electrons. The highest BCUT2D eigenvalue weighted by Crippen LogP contribution is 2.18. The quantitative estimate of drug-likeness (QED) is 0.774. The van der Waals surface area contributed by atoms with Crippen molar-refractivity contribution in [1.82, 2.24) is 10.2 Å². The molecule has 1 fully saturated rings. The molecular weight excluding hydrogens is 244 g/mol. The third-order valence-corrected chi connectivity index (χ3v) is 3.34. The monoisotopic (exact) mass is 262 g/mol. The van der Waals surface area contributed by atoms with Crippen molar-refractivity contribution in [2.24, 2.45) is 5.92 Å². The van der Waals surface area contributed by atoms with Crippen molar-refractivity contribution in [3.05, 3.63) is 0 Å². The molecule has 0 bridgehead atoms. The fraction of sp³-hybridized carbons (Fsp3) is 0.900. The second kappa shape index (κ2) is 6.40. The number of likely N-dealkylation sites (tertiary alicyclic amines) is 1. The Kier molecular flexibility index (Phi) is 5.48. The normalized spacial score (nSPS) is 19.6. The summed E-state index contributed by atoms with van der Waals surface area (Å²) < 4.78 is 0. The fourth-order valence-electron chi connectivity index (χ4n) is 1.81. The third-order valence-electron chi connectivity index (χ3n) is 2.83. The van der Waals surface area contributed by atoms with Crippen molar-refractivity contribution in [2.45, 2.75) is 19.3 Å². The Hall–Kier alpha value is -0.0900. The topological polar surface area (TPSA) is 32.3 Å². The average Bonchev–Trinajstić information content (AvgIpc) is 2.21. The van der Waals surface area contributed by atoms with E-state index in [1.54, 1.807) is 0 Å². The summed E-state index contributed by atoms with van der Waals surface area (Å²) in [6.45, 7) is 3.24. The van der Waals surface area contributed by atoms with Crippen LogP contribution in [0.2, 0.25) is 0 Å². The molecule has 1 amide bonds. The van der Waals surface area contributed by atoms with Crippen molar-refractivity contribution in [1.29, 1.82) is 0 Å². The van der Waals surface area contributed by atoms with Crippen molar-refractivity contribution in [2.75, 3.05) is 32.0 Å². The Morgan fingerprint density at radius 2 is 2.14 bits per heavy atom. The lowest BCUT2D eigenvalue weighted by atomic mass is 9.94. The Bertz CT molecular complexity index is 179. The molecule has 0 unspecified atom stereocenters. The van der Waals surface area contributed by atoms with E-state index in [4.69, 9.17) is 0 Å². The number of rotatable bonds is 4. The summed E-state index contributed by atoms with van der Waals surface area (Å²) in [5.74, 6) is 0.903. The molecule has 82 valence electrons. The van der Waals surface area contributed by atoms with Crippen molar-refractivity contribution in [3.8, 4) is 0 Å². The number of alkyl halides is 1. The SMILES string of the molecule is CN1CCC(CCNC(=O)CBr)CC1. The first-order chi connectivity index (χ1) is 6.72. The predicted molar refractivity (Wildman–Crippen MR) is 61.6 cm³/mol. The lowest BCUT2D eigenvalue weighted by Crippen LogP contribution is -2.32. The summed E-state index contributed by atoms with van der Waals surface area (Å²) in [7, 11) is 2.17. The Morgan fingerprint density at radius 1 is 1.50 bits per heavy atom. The first-order valence-electron chi connectivity index (χ1n) is 5.23. The van der Waals surface area contributed by atoms with Gasteiger partial charge in [0, 0.05) is 6.54 Å². The zero-order valence-electron chi connectivity index (χ0n) is 8.76. The Labute approximate surface area is 94.4 Å². The highest BCUT2D eigenvalue weighted by Gasteiger charge is 2.15. The number of nitrogens with one attached hydrogen (secondary N) is 1. The summed E-state index contributed by atoms with van der Waals surface area (Å²) in [4.78, 5) is 13.3. The molecular formula is C10H19BrN2O. The zero-order chi connectivity index (χ0) is 10.4. The van der Waals surface area contributed by atoms with Crippen LogP contribution >= 0.6 is 15.9 Å². The minimum Gasteiger partial charge on any atom is -0.355 e. The molecule has 0 aromatic rings. The van der Waals surface area contributed by atoms with Crippen LogP contribution in [-0.2, 0) is 4.79 Å². The summed E-state index contributed by atoms with van der Waals surface area (Å²) in [6, 6.07) is 0. The Morgan fingerprint density at radius 3 is 2.71 bits per heavy atom. The van der Waals surface area contributed by atoms with E-state index < -0.39 is 0 Å². The standard InChI is InChI=1S/C10H19BrN2O/c1-13-6-3-9(4-7-13)2-5-12-10(14)8-11/h9H,2-8H2,1H3,(H,12,14). The molecule has 0 saturated carbocycles. The number of piperidine rings is 1. The first kappa shape index (κ1) is 12.0. The van der Waals surface area contributed by atoms with Gasteiger partial charge in [0.2, 0.25) is 5.91 Å². The van der Waals surface area contributed by atoms with Crippen LogP contribution in [0.25, 0.3) is 0 Å². The van der Waals surface area contributed by atoms with Crippen LogP contribution in [0.3, 0.4) is 0 Å². The van der Waals surface area contributed by atoms with Crippen LogP contribution < -0.4 is 5.32 Å². The molecule has 1 heterocycles. The van der Waals surface area contributed by atoms with Gasteiger partial charge in [-0.25, -0.2) is 0 Å². The molecule has 0 aromatic heterocycles. The van der Waals surface area contributed by atoms with Gasteiger partial charge in [0.05, 0.1) is 5.33 Å². The molecule has 1 rings (SSSR count). The van der Waals surface area contributed by atoms with Gasteiger partial charge in [-0.1, -0.05) is 15.9 Å². The van der Waals surface area contributed by atoms with Crippen molar-refractivity contribution >= 4 is 21.8 Å². The molecule has 4 heteroatoms. The highest BCUT2D eigenvalue weighted by molar-refractivity contribution is 9.09. The van der Waals surface area contributed by atoms with Crippen LogP contribution in [0.1, 0.15) is 19.3 Å². The van der Waals surface area contributed by atoms with Gasteiger partial charge >= 0.3 is 0 Å². The van der Waals surface area contributed by atoms with E-state index in [9.17, 15) is 4.79 Å². The van der Waals surface area contributed by atoms with E-state index in [1.807, 2.05) is 0 Å². The van der Waals surface area contributed by atoms with Gasteiger partial charge < -0.3 is 10.2 Å². The number of nitrogens with zero attached hydrogens (tertiary/aromatic N) is 1. The van der Waals surface area contributed by atoms with Gasteiger partial charge in [0.15, 0.2) is 0 Å². The van der Waals surface area contributed by atoms with Gasteiger partial charge in [0.25, 0.3) is 0 Å². The summed E-state index contributed by atoms with van der Waals surface area (Å²) in [6.07, 6.45) is 3.69. The Balaban J connectivity index is 2.04. The second-order valence-corrected chi connectivity index (χ2v) is 4.58.